The summed E-state index contributed by atoms with van der Waals surface area (Å²) in [4.78, 5) is 45.3. The lowest BCUT2D eigenvalue weighted by molar-refractivity contribution is -0.122. The summed E-state index contributed by atoms with van der Waals surface area (Å²) in [6.45, 7) is 6.29. The van der Waals surface area contributed by atoms with Gasteiger partial charge in [-0.3, -0.25) is 14.9 Å². The summed E-state index contributed by atoms with van der Waals surface area (Å²) in [5.74, 6) is -0.672. The maximum Gasteiger partial charge on any atom is 0.335 e. The third-order valence-corrected chi connectivity index (χ3v) is 11.9. The van der Waals surface area contributed by atoms with Crippen molar-refractivity contribution in [1.82, 2.24) is 5.32 Å². The van der Waals surface area contributed by atoms with Crippen LogP contribution in [-0.4, -0.2) is 37.5 Å². The highest BCUT2D eigenvalue weighted by Gasteiger charge is 2.40. The van der Waals surface area contributed by atoms with Crippen molar-refractivity contribution in [3.05, 3.63) is 171 Å². The molecule has 2 atom stereocenters. The minimum absolute atomic E-state index is 0.0599. The molecule has 0 aliphatic carbocycles. The van der Waals surface area contributed by atoms with E-state index < -0.39 is 17.8 Å². The monoisotopic (exact) mass is 787 g/mol. The normalized spacial score (nSPS) is 18.3. The van der Waals surface area contributed by atoms with Gasteiger partial charge in [-0.05, 0) is 101 Å². The van der Waals surface area contributed by atoms with E-state index in [9.17, 15) is 14.4 Å². The van der Waals surface area contributed by atoms with Crippen molar-refractivity contribution >= 4 is 57.7 Å². The molecule has 290 valence electrons. The number of amides is 4. The summed E-state index contributed by atoms with van der Waals surface area (Å²) < 4.78 is 12.4. The van der Waals surface area contributed by atoms with Crippen molar-refractivity contribution < 1.29 is 23.9 Å². The standard InChI is InChI=1S/C49H42ClN3O5/c1-3-57-44-26-31(25-43(50)46(44)58-29-42-30(2)18-19-34-16-10-11-17-36(34)42)24-41-47(54)51-49(56)53(48(41)55)35-27-39-37(32-12-6-4-7-13-32)20-22-52-23-21-38(40(28-35)45(39)52)33-14-8-5-9-15-33/h4-19,24-28,37-38H,3,20-23,29H2,1-2H3,(H,51,54,56)/b41-24+/t37-,38-/m1/s1. The number of carbonyl (C=O) groups is 3. The lowest BCUT2D eigenvalue weighted by Crippen LogP contribution is -2.54. The lowest BCUT2D eigenvalue weighted by Gasteiger charge is -2.44. The number of imide groups is 2. The van der Waals surface area contributed by atoms with Gasteiger partial charge >= 0.3 is 6.03 Å². The van der Waals surface area contributed by atoms with Crippen LogP contribution in [-0.2, 0) is 16.2 Å². The fourth-order valence-electron chi connectivity index (χ4n) is 8.88. The molecule has 1 saturated heterocycles. The zero-order valence-corrected chi connectivity index (χ0v) is 33.1. The summed E-state index contributed by atoms with van der Waals surface area (Å²) in [6, 6.07) is 39.5. The Labute approximate surface area is 342 Å². The van der Waals surface area contributed by atoms with Gasteiger partial charge in [0.25, 0.3) is 11.8 Å². The number of anilines is 2. The van der Waals surface area contributed by atoms with Gasteiger partial charge < -0.3 is 14.4 Å². The summed E-state index contributed by atoms with van der Waals surface area (Å²) >= 11 is 6.89. The Morgan fingerprint density at radius 1 is 0.776 bits per heavy atom. The molecular formula is C49H42ClN3O5. The van der Waals surface area contributed by atoms with E-state index in [-0.39, 0.29) is 29.0 Å². The number of barbiturate groups is 1. The summed E-state index contributed by atoms with van der Waals surface area (Å²) in [6.07, 6.45) is 3.24. The van der Waals surface area contributed by atoms with Crippen molar-refractivity contribution in [1.29, 1.82) is 0 Å². The molecule has 0 aromatic heterocycles. The van der Waals surface area contributed by atoms with Gasteiger partial charge in [0, 0.05) is 36.2 Å². The van der Waals surface area contributed by atoms with Gasteiger partial charge in [-0.25, -0.2) is 9.69 Å². The fourth-order valence-corrected chi connectivity index (χ4v) is 9.16. The zero-order chi connectivity index (χ0) is 39.9. The highest BCUT2D eigenvalue weighted by molar-refractivity contribution is 6.39. The van der Waals surface area contributed by atoms with E-state index in [4.69, 9.17) is 21.1 Å². The number of nitrogens with one attached hydrogen (secondary N) is 1. The van der Waals surface area contributed by atoms with Crippen LogP contribution < -0.4 is 24.6 Å². The summed E-state index contributed by atoms with van der Waals surface area (Å²) in [5.41, 5.74) is 8.42. The number of nitrogens with zero attached hydrogens (tertiary/aromatic N) is 2. The highest BCUT2D eigenvalue weighted by Crippen LogP contribution is 2.50. The van der Waals surface area contributed by atoms with E-state index in [1.54, 1.807) is 12.1 Å². The molecular weight excluding hydrogens is 746 g/mol. The largest absolute Gasteiger partial charge is 0.490 e. The Morgan fingerprint density at radius 3 is 2.07 bits per heavy atom. The highest BCUT2D eigenvalue weighted by atomic mass is 35.5. The van der Waals surface area contributed by atoms with Crippen LogP contribution in [0.2, 0.25) is 5.02 Å². The van der Waals surface area contributed by atoms with Crippen LogP contribution in [0.5, 0.6) is 11.5 Å². The summed E-state index contributed by atoms with van der Waals surface area (Å²) in [7, 11) is 0. The number of carbonyl (C=O) groups excluding carboxylic acids is 3. The molecule has 9 heteroatoms. The number of halogens is 1. The predicted molar refractivity (Wildman–Crippen MR) is 229 cm³/mol. The number of ether oxygens (including phenoxy) is 2. The van der Waals surface area contributed by atoms with Gasteiger partial charge in [-0.2, -0.15) is 0 Å². The molecule has 8 nitrogen and oxygen atoms in total. The van der Waals surface area contributed by atoms with Crippen molar-refractivity contribution in [2.24, 2.45) is 0 Å². The molecule has 6 aromatic carbocycles. The van der Waals surface area contributed by atoms with Gasteiger partial charge in [-0.1, -0.05) is 109 Å². The second kappa shape index (κ2) is 15.5. The van der Waals surface area contributed by atoms with Crippen LogP contribution in [0.25, 0.3) is 16.8 Å². The van der Waals surface area contributed by atoms with E-state index in [0.717, 1.165) is 69.5 Å². The first-order valence-electron chi connectivity index (χ1n) is 19.8. The number of aryl methyl sites for hydroxylation is 1. The molecule has 1 fully saturated rings. The van der Waals surface area contributed by atoms with Crippen molar-refractivity contribution in [3.63, 3.8) is 0 Å². The molecule has 0 unspecified atom stereocenters. The Kier molecular flexibility index (Phi) is 9.96. The van der Waals surface area contributed by atoms with Crippen molar-refractivity contribution in [2.45, 2.75) is 45.1 Å². The van der Waals surface area contributed by atoms with Crippen LogP contribution in [0, 0.1) is 6.92 Å². The molecule has 3 aliphatic rings. The van der Waals surface area contributed by atoms with Crippen LogP contribution >= 0.6 is 11.6 Å². The van der Waals surface area contributed by atoms with Crippen LogP contribution in [0.3, 0.4) is 0 Å². The van der Waals surface area contributed by atoms with Crippen molar-refractivity contribution in [2.75, 3.05) is 29.5 Å². The molecule has 6 aromatic rings. The number of rotatable bonds is 9. The van der Waals surface area contributed by atoms with E-state index in [2.05, 4.69) is 58.7 Å². The van der Waals surface area contributed by atoms with E-state index in [0.29, 0.717) is 29.4 Å². The molecule has 0 saturated carbocycles. The first-order chi connectivity index (χ1) is 28.3. The Bertz CT molecular complexity index is 2550. The Hall–Kier alpha value is -6.38. The molecule has 0 radical (unpaired) electrons. The number of fused-ring (bicyclic) bond motifs is 1. The van der Waals surface area contributed by atoms with Crippen LogP contribution in [0.15, 0.2) is 127 Å². The first-order valence-corrected chi connectivity index (χ1v) is 20.2. The maximum absolute atomic E-state index is 14.5. The van der Waals surface area contributed by atoms with E-state index >= 15 is 0 Å². The molecule has 0 spiro atoms. The minimum atomic E-state index is -0.796. The third kappa shape index (κ3) is 6.77. The Morgan fingerprint density at radius 2 is 1.41 bits per heavy atom. The molecule has 0 bridgehead atoms. The quantitative estimate of drug-likeness (QED) is 0.116. The third-order valence-electron chi connectivity index (χ3n) is 11.6. The second-order valence-electron chi connectivity index (χ2n) is 15.1. The average Bonchev–Trinajstić information content (AvgIpc) is 3.23. The molecule has 3 aliphatic heterocycles. The number of hydrogen-bond acceptors (Lipinski definition) is 6. The average molecular weight is 788 g/mol. The maximum atomic E-state index is 14.5. The molecule has 58 heavy (non-hydrogen) atoms. The van der Waals surface area contributed by atoms with Crippen LogP contribution in [0.1, 0.15) is 70.5 Å². The molecule has 1 N–H and O–H groups in total. The lowest BCUT2D eigenvalue weighted by atomic mass is 9.76. The Balaban J connectivity index is 1.09. The smallest absolute Gasteiger partial charge is 0.335 e. The van der Waals surface area contributed by atoms with Gasteiger partial charge in [0.2, 0.25) is 0 Å². The first kappa shape index (κ1) is 37.2. The topological polar surface area (TPSA) is 88.2 Å². The van der Waals surface area contributed by atoms with Crippen molar-refractivity contribution in [3.8, 4) is 11.5 Å². The molecule has 3 heterocycles. The number of benzene rings is 6. The molecule has 4 amide bonds. The SMILES string of the molecule is CCOc1cc(/C=C2\C(=O)NC(=O)N(c3cc4c5c(c3)[C@@H](c3ccccc3)CCN5CC[C@@H]4c3ccccc3)C2=O)cc(Cl)c1OCc1c(C)ccc2ccccc12. The van der Waals surface area contributed by atoms with E-state index in [1.807, 2.05) is 74.5 Å². The fraction of sp³-hybridized carbons (Fsp3) is 0.204. The number of urea groups is 1. The zero-order valence-electron chi connectivity index (χ0n) is 32.3. The van der Waals surface area contributed by atoms with E-state index in [1.165, 1.54) is 17.2 Å². The van der Waals surface area contributed by atoms with Crippen LogP contribution in [0.4, 0.5) is 16.2 Å². The molecule has 9 rings (SSSR count). The van der Waals surface area contributed by atoms with Gasteiger partial charge in [0.05, 0.1) is 17.3 Å². The van der Waals surface area contributed by atoms with Gasteiger partial charge in [0.15, 0.2) is 11.5 Å². The number of hydrogen-bond donors (Lipinski definition) is 1. The minimum Gasteiger partial charge on any atom is -0.490 e. The summed E-state index contributed by atoms with van der Waals surface area (Å²) in [5, 5.41) is 4.89. The second-order valence-corrected chi connectivity index (χ2v) is 15.5. The predicted octanol–water partition coefficient (Wildman–Crippen LogP) is 10.3. The van der Waals surface area contributed by atoms with Gasteiger partial charge in [-0.15, -0.1) is 0 Å². The van der Waals surface area contributed by atoms with Gasteiger partial charge in [0.1, 0.15) is 12.2 Å².